The van der Waals surface area contributed by atoms with Crippen molar-refractivity contribution in [1.29, 1.82) is 0 Å². The zero-order valence-corrected chi connectivity index (χ0v) is 12.5. The fraction of sp³-hybridized carbons (Fsp3) is 0.562. The highest BCUT2D eigenvalue weighted by atomic mass is 16.1. The van der Waals surface area contributed by atoms with Gasteiger partial charge in [0.05, 0.1) is 11.4 Å². The largest absolute Gasteiger partial charge is 0.397 e. The van der Waals surface area contributed by atoms with E-state index < -0.39 is 0 Å². The Morgan fingerprint density at radius 3 is 2.90 bits per heavy atom. The molecule has 0 radical (unpaired) electrons. The molecule has 1 amide bonds. The van der Waals surface area contributed by atoms with Crippen molar-refractivity contribution < 1.29 is 4.79 Å². The number of hydrogen-bond acceptors (Lipinski definition) is 3. The Morgan fingerprint density at radius 1 is 1.35 bits per heavy atom. The molecule has 0 aliphatic carbocycles. The summed E-state index contributed by atoms with van der Waals surface area (Å²) >= 11 is 0. The molecule has 1 unspecified atom stereocenters. The third kappa shape index (κ3) is 3.65. The van der Waals surface area contributed by atoms with Gasteiger partial charge in [-0.25, -0.2) is 0 Å². The second kappa shape index (κ2) is 6.64. The number of hydrogen-bond donors (Lipinski definition) is 3. The number of nitrogen functional groups attached to an aromatic ring is 1. The molecule has 110 valence electrons. The number of fused-ring (bicyclic) bond motifs is 1. The molecule has 4 heteroatoms. The molecule has 2 rings (SSSR count). The average Bonchev–Trinajstić information content (AvgIpc) is 2.40. The number of nitrogens with one attached hydrogen (secondary N) is 2. The van der Waals surface area contributed by atoms with Crippen LogP contribution in [0.2, 0.25) is 0 Å². The first-order chi connectivity index (χ1) is 9.60. The molecule has 0 saturated carbocycles. The Labute approximate surface area is 121 Å². The topological polar surface area (TPSA) is 67.1 Å². The van der Waals surface area contributed by atoms with Gasteiger partial charge < -0.3 is 16.4 Å². The number of rotatable bonds is 6. The van der Waals surface area contributed by atoms with Crippen molar-refractivity contribution in [2.75, 3.05) is 16.4 Å². The van der Waals surface area contributed by atoms with E-state index in [1.165, 1.54) is 19.3 Å². The molecule has 0 saturated heterocycles. The van der Waals surface area contributed by atoms with E-state index in [-0.39, 0.29) is 5.91 Å². The Kier molecular flexibility index (Phi) is 4.88. The molecule has 4 N–H and O–H groups in total. The van der Waals surface area contributed by atoms with Crippen LogP contribution < -0.4 is 16.4 Å². The molecule has 1 aliphatic rings. The number of aryl methyl sites for hydroxylation is 1. The van der Waals surface area contributed by atoms with Crippen LogP contribution in [0.15, 0.2) is 12.1 Å². The Hall–Kier alpha value is -1.71. The fourth-order valence-electron chi connectivity index (χ4n) is 2.61. The maximum absolute atomic E-state index is 11.5. The lowest BCUT2D eigenvalue weighted by atomic mass is 10.0. The number of amides is 1. The van der Waals surface area contributed by atoms with E-state index in [4.69, 9.17) is 5.73 Å². The lowest BCUT2D eigenvalue weighted by Crippen LogP contribution is -2.21. The third-order valence-electron chi connectivity index (χ3n) is 3.81. The van der Waals surface area contributed by atoms with Crippen LogP contribution in [0.1, 0.15) is 51.5 Å². The number of carbonyl (C=O) groups is 1. The van der Waals surface area contributed by atoms with E-state index in [1.54, 1.807) is 0 Å². The van der Waals surface area contributed by atoms with Crippen LogP contribution in [0.5, 0.6) is 0 Å². The minimum absolute atomic E-state index is 0.0872. The first kappa shape index (κ1) is 14.7. The first-order valence-electron chi connectivity index (χ1n) is 7.59. The van der Waals surface area contributed by atoms with Crippen LogP contribution in [0.4, 0.5) is 17.1 Å². The van der Waals surface area contributed by atoms with Crippen molar-refractivity contribution in [2.24, 2.45) is 0 Å². The molecule has 1 heterocycles. The Bertz CT molecular complexity index is 485. The fourth-order valence-corrected chi connectivity index (χ4v) is 2.61. The number of nitrogens with two attached hydrogens (primary N) is 1. The Morgan fingerprint density at radius 2 is 2.15 bits per heavy atom. The van der Waals surface area contributed by atoms with Crippen LogP contribution >= 0.6 is 0 Å². The average molecular weight is 275 g/mol. The van der Waals surface area contributed by atoms with Gasteiger partial charge in [-0.3, -0.25) is 4.79 Å². The molecule has 0 aromatic heterocycles. The van der Waals surface area contributed by atoms with Crippen molar-refractivity contribution in [3.8, 4) is 0 Å². The van der Waals surface area contributed by atoms with E-state index in [0.29, 0.717) is 12.5 Å². The van der Waals surface area contributed by atoms with E-state index in [2.05, 4.69) is 24.5 Å². The summed E-state index contributed by atoms with van der Waals surface area (Å²) in [6.45, 7) is 4.38. The van der Waals surface area contributed by atoms with Gasteiger partial charge in [0, 0.05) is 18.2 Å². The molecule has 1 atom stereocenters. The monoisotopic (exact) mass is 275 g/mol. The molecule has 0 fully saturated rings. The summed E-state index contributed by atoms with van der Waals surface area (Å²) in [7, 11) is 0. The SMILES string of the molecule is CCCCCC(C)Nc1cc2c(cc1N)CCC(=O)N2. The third-order valence-corrected chi connectivity index (χ3v) is 3.81. The summed E-state index contributed by atoms with van der Waals surface area (Å²) in [6, 6.07) is 4.34. The second-order valence-corrected chi connectivity index (χ2v) is 5.69. The molecule has 4 nitrogen and oxygen atoms in total. The van der Waals surface area contributed by atoms with Gasteiger partial charge >= 0.3 is 0 Å². The van der Waals surface area contributed by atoms with Gasteiger partial charge in [0.2, 0.25) is 5.91 Å². The molecular formula is C16H25N3O. The normalized spacial score (nSPS) is 15.4. The number of benzene rings is 1. The van der Waals surface area contributed by atoms with Gasteiger partial charge in [-0.1, -0.05) is 26.2 Å². The van der Waals surface area contributed by atoms with Crippen LogP contribution in [-0.4, -0.2) is 11.9 Å². The predicted molar refractivity (Wildman–Crippen MR) is 85.0 cm³/mol. The summed E-state index contributed by atoms with van der Waals surface area (Å²) in [5.41, 5.74) is 9.83. The summed E-state index contributed by atoms with van der Waals surface area (Å²) in [5.74, 6) is 0.0872. The second-order valence-electron chi connectivity index (χ2n) is 5.69. The number of unbranched alkanes of at least 4 members (excludes halogenated alkanes) is 2. The van der Waals surface area contributed by atoms with Crippen molar-refractivity contribution in [3.63, 3.8) is 0 Å². The maximum atomic E-state index is 11.5. The molecule has 0 bridgehead atoms. The highest BCUT2D eigenvalue weighted by molar-refractivity contribution is 5.95. The zero-order valence-electron chi connectivity index (χ0n) is 12.5. The predicted octanol–water partition coefficient (Wildman–Crippen LogP) is 3.53. The summed E-state index contributed by atoms with van der Waals surface area (Å²) < 4.78 is 0. The van der Waals surface area contributed by atoms with Crippen molar-refractivity contribution in [3.05, 3.63) is 17.7 Å². The van der Waals surface area contributed by atoms with E-state index in [1.807, 2.05) is 12.1 Å². The van der Waals surface area contributed by atoms with Gasteiger partial charge in [-0.15, -0.1) is 0 Å². The number of anilines is 3. The standard InChI is InChI=1S/C16H25N3O/c1-3-4-5-6-11(2)18-15-10-14-12(9-13(15)17)7-8-16(20)19-14/h9-11,18H,3-8,17H2,1-2H3,(H,19,20). The van der Waals surface area contributed by atoms with Crippen molar-refractivity contribution in [1.82, 2.24) is 0 Å². The van der Waals surface area contributed by atoms with Crippen LogP contribution in [-0.2, 0) is 11.2 Å². The quantitative estimate of drug-likeness (QED) is 0.549. The summed E-state index contributed by atoms with van der Waals surface area (Å²) in [5, 5.41) is 6.38. The molecular weight excluding hydrogens is 250 g/mol. The minimum Gasteiger partial charge on any atom is -0.397 e. The van der Waals surface area contributed by atoms with Crippen LogP contribution in [0.25, 0.3) is 0 Å². The van der Waals surface area contributed by atoms with Crippen LogP contribution in [0, 0.1) is 0 Å². The van der Waals surface area contributed by atoms with Gasteiger partial charge in [0.15, 0.2) is 0 Å². The summed E-state index contributed by atoms with van der Waals surface area (Å²) in [6.07, 6.45) is 6.19. The molecule has 1 aromatic rings. The van der Waals surface area contributed by atoms with E-state index in [0.717, 1.165) is 35.5 Å². The van der Waals surface area contributed by atoms with E-state index >= 15 is 0 Å². The zero-order chi connectivity index (χ0) is 14.5. The van der Waals surface area contributed by atoms with Gasteiger partial charge in [-0.2, -0.15) is 0 Å². The smallest absolute Gasteiger partial charge is 0.224 e. The van der Waals surface area contributed by atoms with Gasteiger partial charge in [0.1, 0.15) is 0 Å². The number of carbonyl (C=O) groups excluding carboxylic acids is 1. The highest BCUT2D eigenvalue weighted by Crippen LogP contribution is 2.31. The molecule has 20 heavy (non-hydrogen) atoms. The lowest BCUT2D eigenvalue weighted by molar-refractivity contribution is -0.116. The lowest BCUT2D eigenvalue weighted by Gasteiger charge is -2.22. The maximum Gasteiger partial charge on any atom is 0.224 e. The van der Waals surface area contributed by atoms with Crippen LogP contribution in [0.3, 0.4) is 0 Å². The summed E-state index contributed by atoms with van der Waals surface area (Å²) in [4.78, 5) is 11.5. The molecule has 1 aromatic carbocycles. The van der Waals surface area contributed by atoms with Gasteiger partial charge in [-0.05, 0) is 37.5 Å². The molecule has 0 spiro atoms. The first-order valence-corrected chi connectivity index (χ1v) is 7.59. The van der Waals surface area contributed by atoms with Crippen molar-refractivity contribution >= 4 is 23.0 Å². The van der Waals surface area contributed by atoms with Crippen molar-refractivity contribution in [2.45, 2.75) is 58.4 Å². The molecule has 1 aliphatic heterocycles. The minimum atomic E-state index is 0.0872. The highest BCUT2D eigenvalue weighted by Gasteiger charge is 2.17. The van der Waals surface area contributed by atoms with Gasteiger partial charge in [0.25, 0.3) is 0 Å². The Balaban J connectivity index is 2.04. The van der Waals surface area contributed by atoms with E-state index in [9.17, 15) is 4.79 Å².